The van der Waals surface area contributed by atoms with Crippen molar-refractivity contribution in [1.29, 1.82) is 0 Å². The Morgan fingerprint density at radius 1 is 1.59 bits per heavy atom. The van der Waals surface area contributed by atoms with Crippen molar-refractivity contribution in [1.82, 2.24) is 5.32 Å². The zero-order valence-electron chi connectivity index (χ0n) is 10.2. The van der Waals surface area contributed by atoms with Crippen molar-refractivity contribution in [2.45, 2.75) is 32.4 Å². The fraction of sp³-hybridized carbons (Fsp3) is 0.583. The van der Waals surface area contributed by atoms with E-state index in [1.54, 1.807) is 0 Å². The first-order valence-electron chi connectivity index (χ1n) is 5.74. The molecule has 0 saturated heterocycles. The molecule has 1 aromatic rings. The number of carbonyl (C=O) groups excluding carboxylic acids is 1. The molecule has 96 valence electrons. The second kappa shape index (κ2) is 6.74. The minimum absolute atomic E-state index is 0.201. The second-order valence-electron chi connectivity index (χ2n) is 4.55. The van der Waals surface area contributed by atoms with Crippen molar-refractivity contribution in [3.63, 3.8) is 0 Å². The molecular weight excluding hydrogens is 236 g/mol. The normalized spacial score (nSPS) is 14.6. The molecule has 0 spiro atoms. The van der Waals surface area contributed by atoms with E-state index < -0.39 is 12.1 Å². The Balaban J connectivity index is 2.33. The molecule has 1 amide bonds. The third-order valence-corrected chi connectivity index (χ3v) is 3.16. The van der Waals surface area contributed by atoms with Gasteiger partial charge in [-0.1, -0.05) is 13.8 Å². The molecule has 0 radical (unpaired) electrons. The molecule has 17 heavy (non-hydrogen) atoms. The van der Waals surface area contributed by atoms with E-state index in [2.05, 4.69) is 5.32 Å². The number of rotatable bonds is 6. The topological polar surface area (TPSA) is 75.4 Å². The molecule has 5 heteroatoms. The van der Waals surface area contributed by atoms with E-state index in [-0.39, 0.29) is 12.5 Å². The van der Waals surface area contributed by atoms with E-state index in [1.165, 1.54) is 11.3 Å². The van der Waals surface area contributed by atoms with Gasteiger partial charge >= 0.3 is 0 Å². The number of aliphatic hydroxyl groups is 1. The van der Waals surface area contributed by atoms with Crippen LogP contribution >= 0.6 is 11.3 Å². The molecule has 0 aliphatic heterocycles. The van der Waals surface area contributed by atoms with Crippen LogP contribution in [-0.4, -0.2) is 23.6 Å². The summed E-state index contributed by atoms with van der Waals surface area (Å²) in [5, 5.41) is 16.2. The second-order valence-corrected chi connectivity index (χ2v) is 5.33. The number of hydrogen-bond donors (Lipinski definition) is 3. The maximum atomic E-state index is 11.6. The molecule has 2 atom stereocenters. The van der Waals surface area contributed by atoms with Gasteiger partial charge in [0.2, 0.25) is 5.91 Å². The molecule has 4 nitrogen and oxygen atoms in total. The molecule has 1 unspecified atom stereocenters. The molecule has 1 heterocycles. The smallest absolute Gasteiger partial charge is 0.237 e. The first-order valence-corrected chi connectivity index (χ1v) is 6.68. The lowest BCUT2D eigenvalue weighted by molar-refractivity contribution is -0.123. The van der Waals surface area contributed by atoms with Crippen LogP contribution in [0.2, 0.25) is 0 Å². The summed E-state index contributed by atoms with van der Waals surface area (Å²) >= 11 is 1.52. The summed E-state index contributed by atoms with van der Waals surface area (Å²) in [6.07, 6.45) is -0.00291. The quantitative estimate of drug-likeness (QED) is 0.717. The van der Waals surface area contributed by atoms with Crippen molar-refractivity contribution in [3.8, 4) is 0 Å². The van der Waals surface area contributed by atoms with E-state index >= 15 is 0 Å². The number of nitrogens with one attached hydrogen (secondary N) is 1. The molecule has 0 aliphatic rings. The van der Waals surface area contributed by atoms with Gasteiger partial charge in [0.05, 0.1) is 12.1 Å². The van der Waals surface area contributed by atoms with Crippen LogP contribution in [0.25, 0.3) is 0 Å². The molecule has 1 aromatic heterocycles. The lowest BCUT2D eigenvalue weighted by Gasteiger charge is -2.16. The number of carbonyl (C=O) groups is 1. The van der Waals surface area contributed by atoms with Gasteiger partial charge in [0, 0.05) is 6.54 Å². The van der Waals surface area contributed by atoms with E-state index in [0.717, 1.165) is 5.56 Å². The Morgan fingerprint density at radius 2 is 2.29 bits per heavy atom. The average Bonchev–Trinajstić information content (AvgIpc) is 2.77. The largest absolute Gasteiger partial charge is 0.387 e. The Bertz CT molecular complexity index is 338. The van der Waals surface area contributed by atoms with E-state index in [1.807, 2.05) is 30.7 Å². The summed E-state index contributed by atoms with van der Waals surface area (Å²) < 4.78 is 0. The number of nitrogens with two attached hydrogens (primary N) is 1. The van der Waals surface area contributed by atoms with Crippen LogP contribution in [0, 0.1) is 5.92 Å². The van der Waals surface area contributed by atoms with Crippen LogP contribution in [0.1, 0.15) is 31.9 Å². The van der Waals surface area contributed by atoms with Gasteiger partial charge in [0.25, 0.3) is 0 Å². The lowest BCUT2D eigenvalue weighted by atomic mass is 10.0. The van der Waals surface area contributed by atoms with Gasteiger partial charge < -0.3 is 16.2 Å². The van der Waals surface area contributed by atoms with Crippen molar-refractivity contribution >= 4 is 17.2 Å². The predicted molar refractivity (Wildman–Crippen MR) is 69.7 cm³/mol. The van der Waals surface area contributed by atoms with Gasteiger partial charge in [-0.3, -0.25) is 4.79 Å². The van der Waals surface area contributed by atoms with Gasteiger partial charge in [0.15, 0.2) is 0 Å². The highest BCUT2D eigenvalue weighted by atomic mass is 32.1. The Labute approximate surface area is 106 Å². The Morgan fingerprint density at radius 3 is 2.82 bits per heavy atom. The third kappa shape index (κ3) is 4.85. The number of hydrogen-bond acceptors (Lipinski definition) is 4. The molecule has 0 fully saturated rings. The predicted octanol–water partition coefficient (Wildman–Crippen LogP) is 1.27. The van der Waals surface area contributed by atoms with Gasteiger partial charge in [-0.25, -0.2) is 0 Å². The highest BCUT2D eigenvalue weighted by Gasteiger charge is 2.16. The zero-order valence-corrected chi connectivity index (χ0v) is 11.0. The lowest BCUT2D eigenvalue weighted by Crippen LogP contribution is -2.42. The van der Waals surface area contributed by atoms with Crippen LogP contribution in [0.3, 0.4) is 0 Å². The fourth-order valence-corrected chi connectivity index (χ4v) is 2.23. The van der Waals surface area contributed by atoms with Crippen LogP contribution < -0.4 is 11.1 Å². The highest BCUT2D eigenvalue weighted by molar-refractivity contribution is 7.07. The summed E-state index contributed by atoms with van der Waals surface area (Å²) in [5.41, 5.74) is 6.56. The summed E-state index contributed by atoms with van der Waals surface area (Å²) in [7, 11) is 0. The number of amides is 1. The van der Waals surface area contributed by atoms with Gasteiger partial charge in [0.1, 0.15) is 0 Å². The monoisotopic (exact) mass is 256 g/mol. The molecule has 0 aliphatic carbocycles. The maximum Gasteiger partial charge on any atom is 0.237 e. The van der Waals surface area contributed by atoms with Crippen LogP contribution in [0.15, 0.2) is 16.8 Å². The highest BCUT2D eigenvalue weighted by Crippen LogP contribution is 2.15. The zero-order chi connectivity index (χ0) is 12.8. The molecule has 0 aromatic carbocycles. The number of thiophene rings is 1. The van der Waals surface area contributed by atoms with Crippen molar-refractivity contribution in [2.24, 2.45) is 11.7 Å². The van der Waals surface area contributed by atoms with Gasteiger partial charge in [-0.2, -0.15) is 11.3 Å². The molecule has 0 bridgehead atoms. The van der Waals surface area contributed by atoms with E-state index in [4.69, 9.17) is 5.73 Å². The van der Waals surface area contributed by atoms with E-state index in [0.29, 0.717) is 12.3 Å². The van der Waals surface area contributed by atoms with Crippen LogP contribution in [0.4, 0.5) is 0 Å². The summed E-state index contributed by atoms with van der Waals surface area (Å²) in [4.78, 5) is 11.6. The van der Waals surface area contributed by atoms with Gasteiger partial charge in [-0.05, 0) is 34.7 Å². The summed E-state index contributed by atoms with van der Waals surface area (Å²) in [6, 6.07) is 1.35. The van der Waals surface area contributed by atoms with Crippen LogP contribution in [0.5, 0.6) is 0 Å². The third-order valence-electron chi connectivity index (χ3n) is 2.46. The standard InChI is InChI=1S/C12H20N2O2S/c1-8(2)5-10(13)12(16)14-6-11(15)9-3-4-17-7-9/h3-4,7-8,10-11,15H,5-6,13H2,1-2H3,(H,14,16)/t10-,11?/m1/s1. The molecule has 4 N–H and O–H groups in total. The fourth-order valence-electron chi connectivity index (χ4n) is 1.53. The molecular formula is C12H20N2O2S. The Hall–Kier alpha value is -0.910. The number of aliphatic hydroxyl groups excluding tert-OH is 1. The van der Waals surface area contributed by atoms with Crippen molar-refractivity contribution < 1.29 is 9.90 Å². The minimum atomic E-state index is -0.656. The summed E-state index contributed by atoms with van der Waals surface area (Å²) in [5.74, 6) is 0.186. The Kier molecular flexibility index (Phi) is 5.61. The summed E-state index contributed by atoms with van der Waals surface area (Å²) in [6.45, 7) is 4.25. The molecule has 1 rings (SSSR count). The minimum Gasteiger partial charge on any atom is -0.387 e. The van der Waals surface area contributed by atoms with Crippen molar-refractivity contribution in [3.05, 3.63) is 22.4 Å². The molecule has 0 saturated carbocycles. The maximum absolute atomic E-state index is 11.6. The van der Waals surface area contributed by atoms with Crippen LogP contribution in [-0.2, 0) is 4.79 Å². The average molecular weight is 256 g/mol. The first-order chi connectivity index (χ1) is 8.00. The van der Waals surface area contributed by atoms with E-state index in [9.17, 15) is 9.90 Å². The van der Waals surface area contributed by atoms with Gasteiger partial charge in [-0.15, -0.1) is 0 Å². The first kappa shape index (κ1) is 14.2. The van der Waals surface area contributed by atoms with Crippen molar-refractivity contribution in [2.75, 3.05) is 6.54 Å². The SMILES string of the molecule is CC(C)C[C@@H](N)C(=O)NCC(O)c1ccsc1.